The molecule has 0 aromatic heterocycles. The van der Waals surface area contributed by atoms with Gasteiger partial charge in [0.25, 0.3) is 0 Å². The molecule has 4 heteroatoms. The average Bonchev–Trinajstić information content (AvgIpc) is 2.92. The maximum atomic E-state index is 10.0. The number of para-hydroxylation sites is 1. The van der Waals surface area contributed by atoms with Crippen molar-refractivity contribution in [3.8, 4) is 11.5 Å². The first-order valence-electron chi connectivity index (χ1n) is 7.03. The molecule has 2 N–H and O–H groups in total. The van der Waals surface area contributed by atoms with Crippen LogP contribution in [0.1, 0.15) is 25.3 Å². The Balaban J connectivity index is 1.77. The molecule has 0 radical (unpaired) electrons. The van der Waals surface area contributed by atoms with Crippen LogP contribution in [0.2, 0.25) is 0 Å². The van der Waals surface area contributed by atoms with Crippen LogP contribution in [0.15, 0.2) is 18.2 Å². The van der Waals surface area contributed by atoms with Gasteiger partial charge in [-0.1, -0.05) is 12.1 Å². The number of rotatable bonds is 7. The molecule has 4 nitrogen and oxygen atoms in total. The van der Waals surface area contributed by atoms with Gasteiger partial charge in [0.1, 0.15) is 0 Å². The molecule has 0 saturated carbocycles. The summed E-state index contributed by atoms with van der Waals surface area (Å²) in [5, 5.41) is 13.4. The van der Waals surface area contributed by atoms with E-state index in [0.717, 1.165) is 31.7 Å². The van der Waals surface area contributed by atoms with Gasteiger partial charge in [-0.05, 0) is 38.3 Å². The number of benzene rings is 1. The number of nitrogens with one attached hydrogen (secondary N) is 1. The largest absolute Gasteiger partial charge is 0.504 e. The van der Waals surface area contributed by atoms with Crippen molar-refractivity contribution >= 4 is 0 Å². The van der Waals surface area contributed by atoms with E-state index in [1.54, 1.807) is 6.07 Å². The number of phenols is 1. The lowest BCUT2D eigenvalue weighted by molar-refractivity contribution is 0.184. The Kier molecular flexibility index (Phi) is 5.48. The molecule has 0 amide bonds. The fraction of sp³-hybridized carbons (Fsp3) is 0.600. The van der Waals surface area contributed by atoms with Crippen molar-refractivity contribution in [2.24, 2.45) is 5.92 Å². The van der Waals surface area contributed by atoms with Crippen molar-refractivity contribution in [2.45, 2.75) is 26.3 Å². The first-order chi connectivity index (χ1) is 9.31. The third-order valence-electron chi connectivity index (χ3n) is 3.45. The van der Waals surface area contributed by atoms with E-state index in [1.807, 2.05) is 19.1 Å². The number of hydrogen-bond acceptors (Lipinski definition) is 4. The minimum atomic E-state index is 0.251. The highest BCUT2D eigenvalue weighted by atomic mass is 16.5. The monoisotopic (exact) mass is 265 g/mol. The molecule has 1 unspecified atom stereocenters. The van der Waals surface area contributed by atoms with Gasteiger partial charge in [-0.15, -0.1) is 0 Å². The Labute approximate surface area is 114 Å². The number of aromatic hydroxyl groups is 1. The summed E-state index contributed by atoms with van der Waals surface area (Å²) in [7, 11) is 0. The average molecular weight is 265 g/mol. The van der Waals surface area contributed by atoms with Crippen LogP contribution in [0.3, 0.4) is 0 Å². The van der Waals surface area contributed by atoms with E-state index in [9.17, 15) is 5.11 Å². The summed E-state index contributed by atoms with van der Waals surface area (Å²) in [5.74, 6) is 1.50. The zero-order chi connectivity index (χ0) is 13.5. The van der Waals surface area contributed by atoms with Gasteiger partial charge in [0.15, 0.2) is 11.5 Å². The molecule has 1 fully saturated rings. The smallest absolute Gasteiger partial charge is 0.162 e. The van der Waals surface area contributed by atoms with Gasteiger partial charge in [0.05, 0.1) is 6.61 Å². The second-order valence-electron chi connectivity index (χ2n) is 4.89. The van der Waals surface area contributed by atoms with E-state index in [4.69, 9.17) is 9.47 Å². The minimum Gasteiger partial charge on any atom is -0.504 e. The highest BCUT2D eigenvalue weighted by molar-refractivity contribution is 5.45. The maximum Gasteiger partial charge on any atom is 0.162 e. The molecule has 19 heavy (non-hydrogen) atoms. The SMILES string of the molecule is CCOc1cccc(CNCCC2CCOC2)c1O. The maximum absolute atomic E-state index is 10.0. The lowest BCUT2D eigenvalue weighted by Gasteiger charge is -2.12. The van der Waals surface area contributed by atoms with Gasteiger partial charge in [0.2, 0.25) is 0 Å². The molecule has 1 aliphatic heterocycles. The quantitative estimate of drug-likeness (QED) is 0.743. The van der Waals surface area contributed by atoms with E-state index >= 15 is 0 Å². The topological polar surface area (TPSA) is 50.7 Å². The zero-order valence-corrected chi connectivity index (χ0v) is 11.5. The lowest BCUT2D eigenvalue weighted by Crippen LogP contribution is -2.18. The molecular weight excluding hydrogens is 242 g/mol. The molecule has 0 aliphatic carbocycles. The Bertz CT molecular complexity index is 389. The first kappa shape index (κ1) is 14.2. The van der Waals surface area contributed by atoms with Gasteiger partial charge in [-0.25, -0.2) is 0 Å². The third-order valence-corrected chi connectivity index (χ3v) is 3.45. The molecule has 1 heterocycles. The van der Waals surface area contributed by atoms with Crippen molar-refractivity contribution in [3.05, 3.63) is 23.8 Å². The zero-order valence-electron chi connectivity index (χ0n) is 11.5. The summed E-state index contributed by atoms with van der Waals surface area (Å²) in [4.78, 5) is 0. The Morgan fingerprint density at radius 2 is 2.37 bits per heavy atom. The second-order valence-corrected chi connectivity index (χ2v) is 4.89. The molecule has 2 rings (SSSR count). The Morgan fingerprint density at radius 3 is 3.11 bits per heavy atom. The van der Waals surface area contributed by atoms with Crippen LogP contribution >= 0.6 is 0 Å². The van der Waals surface area contributed by atoms with Crippen molar-refractivity contribution in [2.75, 3.05) is 26.4 Å². The Morgan fingerprint density at radius 1 is 1.47 bits per heavy atom. The highest BCUT2D eigenvalue weighted by Gasteiger charge is 2.14. The molecular formula is C15H23NO3. The van der Waals surface area contributed by atoms with Crippen LogP contribution < -0.4 is 10.1 Å². The summed E-state index contributed by atoms with van der Waals surface area (Å²) in [6.45, 7) is 5.89. The van der Waals surface area contributed by atoms with Crippen molar-refractivity contribution in [3.63, 3.8) is 0 Å². The standard InChI is InChI=1S/C15H23NO3/c1-2-19-14-5-3-4-13(15(14)17)10-16-8-6-12-7-9-18-11-12/h3-5,12,16-17H,2,6-11H2,1H3. The molecule has 1 saturated heterocycles. The summed E-state index contributed by atoms with van der Waals surface area (Å²) >= 11 is 0. The van der Waals surface area contributed by atoms with Gasteiger partial charge in [-0.2, -0.15) is 0 Å². The molecule has 0 spiro atoms. The first-order valence-corrected chi connectivity index (χ1v) is 7.03. The van der Waals surface area contributed by atoms with Crippen LogP contribution in [0.5, 0.6) is 11.5 Å². The van der Waals surface area contributed by atoms with Gasteiger partial charge in [0, 0.05) is 25.3 Å². The van der Waals surface area contributed by atoms with Gasteiger partial charge >= 0.3 is 0 Å². The number of phenolic OH excluding ortho intramolecular Hbond substituents is 1. The van der Waals surface area contributed by atoms with Crippen LogP contribution in [0, 0.1) is 5.92 Å². The van der Waals surface area contributed by atoms with E-state index in [2.05, 4.69) is 5.32 Å². The Hall–Kier alpha value is -1.26. The van der Waals surface area contributed by atoms with Crippen LogP contribution in [0.25, 0.3) is 0 Å². The van der Waals surface area contributed by atoms with Crippen molar-refractivity contribution in [1.82, 2.24) is 5.32 Å². The van der Waals surface area contributed by atoms with Gasteiger partial charge in [-0.3, -0.25) is 0 Å². The predicted molar refractivity (Wildman–Crippen MR) is 74.5 cm³/mol. The molecule has 106 valence electrons. The van der Waals surface area contributed by atoms with Crippen LogP contribution in [-0.2, 0) is 11.3 Å². The highest BCUT2D eigenvalue weighted by Crippen LogP contribution is 2.29. The fourth-order valence-corrected chi connectivity index (χ4v) is 2.32. The summed E-state index contributed by atoms with van der Waals surface area (Å²) in [6, 6.07) is 5.62. The molecule has 1 aromatic rings. The predicted octanol–water partition coefficient (Wildman–Crippen LogP) is 2.31. The molecule has 0 bridgehead atoms. The van der Waals surface area contributed by atoms with Crippen molar-refractivity contribution < 1.29 is 14.6 Å². The summed E-state index contributed by atoms with van der Waals surface area (Å²) < 4.78 is 10.7. The van der Waals surface area contributed by atoms with E-state index in [-0.39, 0.29) is 5.75 Å². The summed E-state index contributed by atoms with van der Waals surface area (Å²) in [6.07, 6.45) is 2.30. The normalized spacial score (nSPS) is 18.7. The fourth-order valence-electron chi connectivity index (χ4n) is 2.32. The summed E-state index contributed by atoms with van der Waals surface area (Å²) in [5.41, 5.74) is 0.883. The van der Waals surface area contributed by atoms with E-state index in [1.165, 1.54) is 6.42 Å². The van der Waals surface area contributed by atoms with Crippen LogP contribution in [0.4, 0.5) is 0 Å². The molecule has 1 atom stereocenters. The molecule has 1 aromatic carbocycles. The van der Waals surface area contributed by atoms with E-state index in [0.29, 0.717) is 24.8 Å². The number of hydrogen-bond donors (Lipinski definition) is 2. The second kappa shape index (κ2) is 7.36. The minimum absolute atomic E-state index is 0.251. The van der Waals surface area contributed by atoms with Crippen LogP contribution in [-0.4, -0.2) is 31.5 Å². The van der Waals surface area contributed by atoms with E-state index < -0.39 is 0 Å². The molecule has 1 aliphatic rings. The number of ether oxygens (including phenoxy) is 2. The van der Waals surface area contributed by atoms with Gasteiger partial charge < -0.3 is 19.9 Å². The van der Waals surface area contributed by atoms with Crippen molar-refractivity contribution in [1.29, 1.82) is 0 Å². The lowest BCUT2D eigenvalue weighted by atomic mass is 10.1. The third kappa shape index (κ3) is 4.11.